The molecule has 9 nitrogen and oxygen atoms in total. The summed E-state index contributed by atoms with van der Waals surface area (Å²) in [6.45, 7) is 3.10. The number of aryl methyl sites for hydroxylation is 1. The van der Waals surface area contributed by atoms with Crippen LogP contribution in [-0.2, 0) is 38.6 Å². The van der Waals surface area contributed by atoms with Crippen molar-refractivity contribution in [3.05, 3.63) is 34.9 Å². The predicted molar refractivity (Wildman–Crippen MR) is 138 cm³/mol. The number of amides is 4. The highest BCUT2D eigenvalue weighted by Gasteiger charge is 2.43. The third kappa shape index (κ3) is 6.62. The average Bonchev–Trinajstić information content (AvgIpc) is 3.50. The summed E-state index contributed by atoms with van der Waals surface area (Å²) in [5.74, 6) is -1.12. The van der Waals surface area contributed by atoms with Crippen LogP contribution in [0.5, 0.6) is 0 Å². The van der Waals surface area contributed by atoms with Gasteiger partial charge in [0.05, 0.1) is 6.54 Å². The molecule has 0 aliphatic carbocycles. The molecule has 3 atom stereocenters. The van der Waals surface area contributed by atoms with Gasteiger partial charge < -0.3 is 20.7 Å². The van der Waals surface area contributed by atoms with E-state index in [4.69, 9.17) is 10.5 Å². The maximum absolute atomic E-state index is 13.5. The molecule has 3 heterocycles. The van der Waals surface area contributed by atoms with Crippen molar-refractivity contribution in [3.8, 4) is 0 Å². The second-order valence-electron chi connectivity index (χ2n) is 10.6. The van der Waals surface area contributed by atoms with E-state index in [-0.39, 0.29) is 24.8 Å². The molecule has 37 heavy (non-hydrogen) atoms. The second kappa shape index (κ2) is 12.4. The van der Waals surface area contributed by atoms with Crippen LogP contribution in [0.1, 0.15) is 87.8 Å². The molecule has 1 aromatic carbocycles. The van der Waals surface area contributed by atoms with Gasteiger partial charge in [0.2, 0.25) is 17.7 Å². The van der Waals surface area contributed by atoms with Crippen molar-refractivity contribution in [3.63, 3.8) is 0 Å². The first-order valence-electron chi connectivity index (χ1n) is 13.8. The van der Waals surface area contributed by atoms with Gasteiger partial charge in [0.15, 0.2) is 0 Å². The third-order valence-corrected chi connectivity index (χ3v) is 7.81. The molecule has 1 aromatic rings. The summed E-state index contributed by atoms with van der Waals surface area (Å²) in [5.41, 5.74) is 9.26. The highest BCUT2D eigenvalue weighted by atomic mass is 16.6. The molecule has 0 unspecified atom stereocenters. The van der Waals surface area contributed by atoms with Crippen LogP contribution in [0.2, 0.25) is 0 Å². The van der Waals surface area contributed by atoms with Gasteiger partial charge in [-0.2, -0.15) is 0 Å². The standard InChI is InChI=1S/C28H40N4O5/c1-2-3-13-23-27(35)32-17-21(15-24(32)26(29)34)37-28(36)31-16-20-12-9-11-19(22(20)18-31)10-7-5-4-6-8-14-25(33)30-23/h9,11-12,21,23-24H,2-8,10,13-18H2,1H3,(H2,29,34)(H,30,33)/t21-,23+,24+/m1/s1. The Hall–Kier alpha value is -3.10. The van der Waals surface area contributed by atoms with Crippen molar-refractivity contribution in [2.45, 2.75) is 109 Å². The van der Waals surface area contributed by atoms with Gasteiger partial charge in [-0.15, -0.1) is 0 Å². The minimum atomic E-state index is -0.872. The zero-order valence-corrected chi connectivity index (χ0v) is 21.9. The van der Waals surface area contributed by atoms with Crippen LogP contribution in [0.15, 0.2) is 18.2 Å². The zero-order chi connectivity index (χ0) is 26.4. The van der Waals surface area contributed by atoms with E-state index in [0.29, 0.717) is 25.9 Å². The van der Waals surface area contributed by atoms with Gasteiger partial charge in [0, 0.05) is 25.9 Å². The highest BCUT2D eigenvalue weighted by Crippen LogP contribution is 2.29. The lowest BCUT2D eigenvalue weighted by atomic mass is 9.98. The Kier molecular flexibility index (Phi) is 9.05. The van der Waals surface area contributed by atoms with Crippen LogP contribution in [0.4, 0.5) is 4.79 Å². The maximum atomic E-state index is 13.5. The number of hydrogen-bond acceptors (Lipinski definition) is 5. The highest BCUT2D eigenvalue weighted by molar-refractivity contribution is 5.92. The number of fused-ring (bicyclic) bond motifs is 3. The molecule has 3 aliphatic heterocycles. The Morgan fingerprint density at radius 2 is 1.78 bits per heavy atom. The molecule has 4 bridgehead atoms. The Bertz CT molecular complexity index is 1010. The first-order chi connectivity index (χ1) is 17.9. The largest absolute Gasteiger partial charge is 0.444 e. The number of unbranched alkanes of at least 4 members (excludes halogenated alkanes) is 1. The number of carbonyl (C=O) groups is 4. The van der Waals surface area contributed by atoms with Crippen LogP contribution in [0, 0.1) is 0 Å². The lowest BCUT2D eigenvalue weighted by Crippen LogP contribution is -2.53. The van der Waals surface area contributed by atoms with E-state index in [2.05, 4.69) is 17.4 Å². The number of nitrogens with zero attached hydrogens (tertiary/aromatic N) is 2. The van der Waals surface area contributed by atoms with Gasteiger partial charge in [-0.25, -0.2) is 4.79 Å². The molecule has 1 saturated heterocycles. The Labute approximate surface area is 219 Å². The topological polar surface area (TPSA) is 122 Å². The lowest BCUT2D eigenvalue weighted by Gasteiger charge is -2.27. The van der Waals surface area contributed by atoms with Crippen molar-refractivity contribution in [1.29, 1.82) is 0 Å². The monoisotopic (exact) mass is 512 g/mol. The zero-order valence-electron chi connectivity index (χ0n) is 21.9. The van der Waals surface area contributed by atoms with Crippen molar-refractivity contribution < 1.29 is 23.9 Å². The molecular formula is C28H40N4O5. The molecule has 0 radical (unpaired) electrons. The molecule has 9 heteroatoms. The number of carbonyl (C=O) groups excluding carboxylic acids is 4. The summed E-state index contributed by atoms with van der Waals surface area (Å²) in [5, 5.41) is 2.90. The molecule has 4 rings (SSSR count). The van der Waals surface area contributed by atoms with E-state index < -0.39 is 30.2 Å². The van der Waals surface area contributed by atoms with Crippen LogP contribution >= 0.6 is 0 Å². The fourth-order valence-corrected chi connectivity index (χ4v) is 5.73. The number of primary amides is 1. The second-order valence-corrected chi connectivity index (χ2v) is 10.6. The van der Waals surface area contributed by atoms with Crippen molar-refractivity contribution in [2.24, 2.45) is 5.73 Å². The predicted octanol–water partition coefficient (Wildman–Crippen LogP) is 3.17. The summed E-state index contributed by atoms with van der Waals surface area (Å²) in [6.07, 6.45) is 7.48. The van der Waals surface area contributed by atoms with Gasteiger partial charge in [0.25, 0.3) is 0 Å². The molecular weight excluding hydrogens is 472 g/mol. The SMILES string of the molecule is CCCC[C@@H]1NC(=O)CCCCCCCc2cccc3c2CN(C3)C(=O)O[C@@H]2C[C@@H](C(N)=O)N(C2)C1=O. The number of hydrogen-bond donors (Lipinski definition) is 2. The van der Waals surface area contributed by atoms with Gasteiger partial charge in [0.1, 0.15) is 18.2 Å². The maximum Gasteiger partial charge on any atom is 0.410 e. The van der Waals surface area contributed by atoms with E-state index in [0.717, 1.165) is 56.9 Å². The number of nitrogens with one attached hydrogen (secondary N) is 1. The normalized spacial score (nSPS) is 25.5. The van der Waals surface area contributed by atoms with E-state index in [1.54, 1.807) is 4.90 Å². The number of nitrogens with two attached hydrogens (primary N) is 1. The van der Waals surface area contributed by atoms with Crippen LogP contribution in [0.25, 0.3) is 0 Å². The summed E-state index contributed by atoms with van der Waals surface area (Å²) < 4.78 is 5.80. The summed E-state index contributed by atoms with van der Waals surface area (Å²) in [4.78, 5) is 54.6. The minimum Gasteiger partial charge on any atom is -0.444 e. The smallest absolute Gasteiger partial charge is 0.410 e. The average molecular weight is 513 g/mol. The molecule has 4 amide bonds. The summed E-state index contributed by atoms with van der Waals surface area (Å²) >= 11 is 0. The van der Waals surface area contributed by atoms with Gasteiger partial charge >= 0.3 is 6.09 Å². The lowest BCUT2D eigenvalue weighted by molar-refractivity contribution is -0.141. The van der Waals surface area contributed by atoms with Crippen LogP contribution < -0.4 is 11.1 Å². The van der Waals surface area contributed by atoms with E-state index in [9.17, 15) is 19.2 Å². The number of ether oxygens (including phenoxy) is 1. The Morgan fingerprint density at radius 3 is 2.54 bits per heavy atom. The van der Waals surface area contributed by atoms with Crippen molar-refractivity contribution in [2.75, 3.05) is 6.54 Å². The van der Waals surface area contributed by atoms with Gasteiger partial charge in [-0.3, -0.25) is 19.3 Å². The van der Waals surface area contributed by atoms with E-state index in [1.165, 1.54) is 16.0 Å². The minimum absolute atomic E-state index is 0.0860. The molecule has 0 saturated carbocycles. The van der Waals surface area contributed by atoms with E-state index >= 15 is 0 Å². The molecule has 1 fully saturated rings. The molecule has 3 aliphatic rings. The van der Waals surface area contributed by atoms with E-state index in [1.807, 2.05) is 13.0 Å². The summed E-state index contributed by atoms with van der Waals surface area (Å²) in [6, 6.07) is 4.64. The molecule has 3 N–H and O–H groups in total. The first-order valence-corrected chi connectivity index (χ1v) is 13.8. The Morgan fingerprint density at radius 1 is 1.05 bits per heavy atom. The Balaban J connectivity index is 1.53. The van der Waals surface area contributed by atoms with Crippen LogP contribution in [-0.4, -0.2) is 58.3 Å². The summed E-state index contributed by atoms with van der Waals surface area (Å²) in [7, 11) is 0. The molecule has 0 aromatic heterocycles. The first kappa shape index (κ1) is 26.9. The fraction of sp³-hybridized carbons (Fsp3) is 0.643. The van der Waals surface area contributed by atoms with Gasteiger partial charge in [-0.05, 0) is 42.4 Å². The molecule has 0 spiro atoms. The number of rotatable bonds is 4. The van der Waals surface area contributed by atoms with Crippen molar-refractivity contribution >= 4 is 23.8 Å². The third-order valence-electron chi connectivity index (χ3n) is 7.81. The fourth-order valence-electron chi connectivity index (χ4n) is 5.73. The quantitative estimate of drug-likeness (QED) is 0.642. The van der Waals surface area contributed by atoms with Crippen molar-refractivity contribution in [1.82, 2.24) is 15.1 Å². The number of benzene rings is 1. The van der Waals surface area contributed by atoms with Gasteiger partial charge in [-0.1, -0.05) is 57.2 Å². The van der Waals surface area contributed by atoms with Crippen LogP contribution in [0.3, 0.4) is 0 Å². The molecule has 202 valence electrons.